The molecule has 0 saturated carbocycles. The molecule has 0 unspecified atom stereocenters. The van der Waals surface area contributed by atoms with Gasteiger partial charge in [-0.05, 0) is 80.1 Å². The van der Waals surface area contributed by atoms with E-state index in [1.54, 1.807) is 12.1 Å². The molecule has 2 heterocycles. The minimum Gasteiger partial charge on any atom is -0.372 e. The van der Waals surface area contributed by atoms with Crippen molar-refractivity contribution >= 4 is 35.3 Å². The lowest BCUT2D eigenvalue weighted by molar-refractivity contribution is -0.127. The molecule has 0 aliphatic carbocycles. The van der Waals surface area contributed by atoms with Crippen LogP contribution in [0.5, 0.6) is 0 Å². The number of hydrogen-bond donors (Lipinski definition) is 2. The Morgan fingerprint density at radius 2 is 1.84 bits per heavy atom. The van der Waals surface area contributed by atoms with E-state index in [-0.39, 0.29) is 12.2 Å². The number of carbonyl (C=O) groups excluding carboxylic acids is 3. The quantitative estimate of drug-likeness (QED) is 0.556. The molecule has 2 aliphatic rings. The monoisotopic (exact) mass is 432 g/mol. The van der Waals surface area contributed by atoms with Crippen molar-refractivity contribution in [3.8, 4) is 0 Å². The molecule has 7 heteroatoms. The Labute approximate surface area is 188 Å². The molecule has 0 atom stereocenters. The van der Waals surface area contributed by atoms with Crippen LogP contribution in [0.15, 0.2) is 48.2 Å². The summed E-state index contributed by atoms with van der Waals surface area (Å²) in [6.07, 6.45) is 5.37. The van der Waals surface area contributed by atoms with Gasteiger partial charge in [-0.2, -0.15) is 0 Å². The molecule has 0 radical (unpaired) electrons. The van der Waals surface area contributed by atoms with Gasteiger partial charge in [-0.1, -0.05) is 18.2 Å². The van der Waals surface area contributed by atoms with E-state index in [2.05, 4.69) is 27.7 Å². The highest BCUT2D eigenvalue weighted by Gasteiger charge is 2.35. The van der Waals surface area contributed by atoms with Crippen LogP contribution in [-0.4, -0.2) is 42.4 Å². The maximum absolute atomic E-state index is 12.8. The standard InChI is InChI=1S/C25H28N4O3/c1-17-7-6-8-20(13-17)26-23(30)16-29-24(31)22(27-25(29)32)15-19-9-10-21(14-18(19)2)28-11-4-3-5-12-28/h6-10,13-15H,3-5,11-12,16H2,1-2H3,(H,26,30)(H,27,32)/b22-15-. The second-order valence-electron chi connectivity index (χ2n) is 8.39. The number of nitrogens with one attached hydrogen (secondary N) is 2. The Morgan fingerprint density at radius 3 is 2.56 bits per heavy atom. The summed E-state index contributed by atoms with van der Waals surface area (Å²) in [4.78, 5) is 40.8. The summed E-state index contributed by atoms with van der Waals surface area (Å²) >= 11 is 0. The highest BCUT2D eigenvalue weighted by atomic mass is 16.2. The number of benzene rings is 2. The lowest BCUT2D eigenvalue weighted by Crippen LogP contribution is -2.38. The summed E-state index contributed by atoms with van der Waals surface area (Å²) < 4.78 is 0. The van der Waals surface area contributed by atoms with E-state index >= 15 is 0 Å². The summed E-state index contributed by atoms with van der Waals surface area (Å²) in [5.41, 5.74) is 4.87. The van der Waals surface area contributed by atoms with Gasteiger partial charge in [0.05, 0.1) is 0 Å². The number of amides is 4. The lowest BCUT2D eigenvalue weighted by atomic mass is 10.0. The third kappa shape index (κ3) is 4.82. The summed E-state index contributed by atoms with van der Waals surface area (Å²) in [6, 6.07) is 12.9. The minimum absolute atomic E-state index is 0.173. The number of carbonyl (C=O) groups is 3. The number of imide groups is 1. The molecular formula is C25H28N4O3. The molecule has 2 aromatic carbocycles. The molecule has 166 valence electrons. The van der Waals surface area contributed by atoms with Crippen LogP contribution in [0.25, 0.3) is 6.08 Å². The first-order valence-corrected chi connectivity index (χ1v) is 11.0. The Balaban J connectivity index is 1.44. The fraction of sp³-hybridized carbons (Fsp3) is 0.320. The van der Waals surface area contributed by atoms with Crippen molar-refractivity contribution in [3.05, 3.63) is 64.9 Å². The second kappa shape index (κ2) is 9.26. The number of urea groups is 1. The molecule has 2 saturated heterocycles. The fourth-order valence-electron chi connectivity index (χ4n) is 4.11. The molecule has 0 aromatic heterocycles. The molecule has 2 N–H and O–H groups in total. The van der Waals surface area contributed by atoms with Gasteiger partial charge in [0.1, 0.15) is 12.2 Å². The van der Waals surface area contributed by atoms with Crippen LogP contribution >= 0.6 is 0 Å². The molecule has 0 spiro atoms. The molecular weight excluding hydrogens is 404 g/mol. The predicted molar refractivity (Wildman–Crippen MR) is 125 cm³/mol. The normalized spacial score (nSPS) is 17.6. The van der Waals surface area contributed by atoms with Gasteiger partial charge in [-0.25, -0.2) is 9.69 Å². The van der Waals surface area contributed by atoms with E-state index in [9.17, 15) is 14.4 Å². The summed E-state index contributed by atoms with van der Waals surface area (Å²) in [7, 11) is 0. The average Bonchev–Trinajstić information content (AvgIpc) is 3.03. The van der Waals surface area contributed by atoms with Gasteiger partial charge in [0.15, 0.2) is 0 Å². The highest BCUT2D eigenvalue weighted by Crippen LogP contribution is 2.25. The third-order valence-electron chi connectivity index (χ3n) is 5.84. The van der Waals surface area contributed by atoms with Crippen molar-refractivity contribution in [2.75, 3.05) is 29.9 Å². The van der Waals surface area contributed by atoms with Gasteiger partial charge in [0.25, 0.3) is 5.91 Å². The van der Waals surface area contributed by atoms with Crippen LogP contribution in [0.3, 0.4) is 0 Å². The molecule has 0 bridgehead atoms. The molecule has 4 rings (SSSR count). The van der Waals surface area contributed by atoms with Gasteiger partial charge in [0, 0.05) is 24.5 Å². The zero-order valence-electron chi connectivity index (χ0n) is 18.5. The smallest absolute Gasteiger partial charge is 0.329 e. The summed E-state index contributed by atoms with van der Waals surface area (Å²) in [5, 5.41) is 5.32. The Bertz CT molecular complexity index is 1090. The number of rotatable bonds is 5. The Kier molecular flexibility index (Phi) is 6.25. The number of nitrogens with zero attached hydrogens (tertiary/aromatic N) is 2. The van der Waals surface area contributed by atoms with Gasteiger partial charge >= 0.3 is 6.03 Å². The molecule has 2 aromatic rings. The van der Waals surface area contributed by atoms with Crippen LogP contribution in [0.2, 0.25) is 0 Å². The topological polar surface area (TPSA) is 81.8 Å². The van der Waals surface area contributed by atoms with Gasteiger partial charge in [-0.15, -0.1) is 0 Å². The van der Waals surface area contributed by atoms with Crippen LogP contribution < -0.4 is 15.5 Å². The first-order chi connectivity index (χ1) is 15.4. The number of hydrogen-bond acceptors (Lipinski definition) is 4. The van der Waals surface area contributed by atoms with E-state index in [1.165, 1.54) is 24.9 Å². The summed E-state index contributed by atoms with van der Waals surface area (Å²) in [6.45, 7) is 5.70. The lowest BCUT2D eigenvalue weighted by Gasteiger charge is -2.29. The SMILES string of the molecule is Cc1cccc(NC(=O)CN2C(=O)N/C(=C\c3ccc(N4CCCCC4)cc3C)C2=O)c1. The van der Waals surface area contributed by atoms with Crippen LogP contribution in [-0.2, 0) is 9.59 Å². The van der Waals surface area contributed by atoms with Gasteiger partial charge < -0.3 is 15.5 Å². The zero-order valence-corrected chi connectivity index (χ0v) is 18.5. The van der Waals surface area contributed by atoms with E-state index in [0.717, 1.165) is 34.7 Å². The van der Waals surface area contributed by atoms with Crippen LogP contribution in [0.1, 0.15) is 36.0 Å². The second-order valence-corrected chi connectivity index (χ2v) is 8.39. The Morgan fingerprint density at radius 1 is 1.06 bits per heavy atom. The van der Waals surface area contributed by atoms with E-state index in [1.807, 2.05) is 38.1 Å². The molecule has 4 amide bonds. The van der Waals surface area contributed by atoms with Crippen LogP contribution in [0, 0.1) is 13.8 Å². The molecule has 32 heavy (non-hydrogen) atoms. The summed E-state index contributed by atoms with van der Waals surface area (Å²) in [5.74, 6) is -0.934. The largest absolute Gasteiger partial charge is 0.372 e. The van der Waals surface area contributed by atoms with Crippen molar-refractivity contribution in [2.45, 2.75) is 33.1 Å². The number of piperidine rings is 1. The fourth-order valence-corrected chi connectivity index (χ4v) is 4.11. The van der Waals surface area contributed by atoms with Gasteiger partial charge in [-0.3, -0.25) is 9.59 Å². The van der Waals surface area contributed by atoms with E-state index < -0.39 is 17.8 Å². The highest BCUT2D eigenvalue weighted by molar-refractivity contribution is 6.16. The molecule has 7 nitrogen and oxygen atoms in total. The Hall–Kier alpha value is -3.61. The number of aryl methyl sites for hydroxylation is 2. The maximum atomic E-state index is 12.8. The van der Waals surface area contributed by atoms with Gasteiger partial charge in [0.2, 0.25) is 5.91 Å². The minimum atomic E-state index is -0.594. The van der Waals surface area contributed by atoms with Crippen molar-refractivity contribution in [1.29, 1.82) is 0 Å². The van der Waals surface area contributed by atoms with Crippen molar-refractivity contribution in [3.63, 3.8) is 0 Å². The maximum Gasteiger partial charge on any atom is 0.329 e. The first kappa shape index (κ1) is 21.6. The molecule has 2 fully saturated rings. The van der Waals surface area contributed by atoms with Crippen molar-refractivity contribution < 1.29 is 14.4 Å². The van der Waals surface area contributed by atoms with Crippen molar-refractivity contribution in [2.24, 2.45) is 0 Å². The number of anilines is 2. The molecule has 2 aliphatic heterocycles. The first-order valence-electron chi connectivity index (χ1n) is 11.0. The van der Waals surface area contributed by atoms with E-state index in [4.69, 9.17) is 0 Å². The van der Waals surface area contributed by atoms with E-state index in [0.29, 0.717) is 5.69 Å². The zero-order chi connectivity index (χ0) is 22.7. The third-order valence-corrected chi connectivity index (χ3v) is 5.84. The predicted octanol–water partition coefficient (Wildman–Crippen LogP) is 3.83. The van der Waals surface area contributed by atoms with Crippen molar-refractivity contribution in [1.82, 2.24) is 10.2 Å². The average molecular weight is 433 g/mol. The van der Waals surface area contributed by atoms with Crippen LogP contribution in [0.4, 0.5) is 16.2 Å².